The molecule has 126 valence electrons. The number of carbonyl (C=O) groups excluding carboxylic acids is 1. The van der Waals surface area contributed by atoms with Crippen LogP contribution in [0, 0.1) is 5.82 Å². The Hall–Kier alpha value is -3.15. The SMILES string of the molecule is CN(C(=O)Cn1c2ccccc2c2c1cnn2C)c1ccc(F)cc1. The van der Waals surface area contributed by atoms with Crippen LogP contribution in [-0.4, -0.2) is 27.3 Å². The van der Waals surface area contributed by atoms with Crippen molar-refractivity contribution in [2.45, 2.75) is 6.54 Å². The Labute approximate surface area is 143 Å². The van der Waals surface area contributed by atoms with E-state index in [1.165, 1.54) is 17.0 Å². The molecule has 0 saturated carbocycles. The van der Waals surface area contributed by atoms with Crippen molar-refractivity contribution < 1.29 is 9.18 Å². The summed E-state index contributed by atoms with van der Waals surface area (Å²) in [5.41, 5.74) is 3.58. The molecule has 0 aliphatic heterocycles. The highest BCUT2D eigenvalue weighted by Crippen LogP contribution is 2.28. The molecular formula is C19H17FN4O. The predicted octanol–water partition coefficient (Wildman–Crippen LogP) is 3.33. The zero-order chi connectivity index (χ0) is 17.6. The molecule has 4 rings (SSSR count). The monoisotopic (exact) mass is 336 g/mol. The van der Waals surface area contributed by atoms with Crippen LogP contribution in [0.4, 0.5) is 10.1 Å². The number of fused-ring (bicyclic) bond motifs is 3. The van der Waals surface area contributed by atoms with Crippen LogP contribution in [0.1, 0.15) is 0 Å². The molecule has 0 unspecified atom stereocenters. The molecule has 4 aromatic rings. The molecular weight excluding hydrogens is 319 g/mol. The van der Waals surface area contributed by atoms with Gasteiger partial charge in [-0.15, -0.1) is 0 Å². The first-order valence-corrected chi connectivity index (χ1v) is 7.97. The van der Waals surface area contributed by atoms with Crippen LogP contribution < -0.4 is 4.90 Å². The standard InChI is InChI=1S/C19H17FN4O/c1-22(14-9-7-13(20)8-10-14)18(25)12-24-16-6-4-3-5-15(16)19-17(24)11-21-23(19)2/h3-11H,12H2,1-2H3. The molecule has 0 aliphatic carbocycles. The third kappa shape index (κ3) is 2.46. The number of aromatic nitrogens is 3. The number of hydrogen-bond donors (Lipinski definition) is 0. The van der Waals surface area contributed by atoms with Crippen LogP contribution in [0.15, 0.2) is 54.7 Å². The normalized spacial score (nSPS) is 11.3. The third-order valence-electron chi connectivity index (χ3n) is 4.54. The maximum atomic E-state index is 13.1. The van der Waals surface area contributed by atoms with Gasteiger partial charge in [-0.05, 0) is 30.3 Å². The number of likely N-dealkylation sites (N-methyl/N-ethyl adjacent to an activating group) is 1. The summed E-state index contributed by atoms with van der Waals surface area (Å²) in [6.07, 6.45) is 1.78. The molecule has 0 saturated heterocycles. The lowest BCUT2D eigenvalue weighted by atomic mass is 10.2. The molecule has 0 atom stereocenters. The molecule has 0 fully saturated rings. The van der Waals surface area contributed by atoms with E-state index in [0.29, 0.717) is 5.69 Å². The summed E-state index contributed by atoms with van der Waals surface area (Å²) in [6, 6.07) is 13.9. The van der Waals surface area contributed by atoms with Gasteiger partial charge < -0.3 is 9.47 Å². The van der Waals surface area contributed by atoms with Crippen LogP contribution in [0.25, 0.3) is 21.9 Å². The van der Waals surface area contributed by atoms with Gasteiger partial charge >= 0.3 is 0 Å². The highest BCUT2D eigenvalue weighted by atomic mass is 19.1. The van der Waals surface area contributed by atoms with E-state index in [2.05, 4.69) is 5.10 Å². The van der Waals surface area contributed by atoms with Crippen LogP contribution in [-0.2, 0) is 18.4 Å². The summed E-state index contributed by atoms with van der Waals surface area (Å²) in [7, 11) is 3.59. The van der Waals surface area contributed by atoms with Crippen LogP contribution in [0.2, 0.25) is 0 Å². The van der Waals surface area contributed by atoms with Crippen molar-refractivity contribution in [2.75, 3.05) is 11.9 Å². The van der Waals surface area contributed by atoms with E-state index in [-0.39, 0.29) is 18.3 Å². The summed E-state index contributed by atoms with van der Waals surface area (Å²) < 4.78 is 16.9. The molecule has 0 bridgehead atoms. The zero-order valence-electron chi connectivity index (χ0n) is 14.0. The molecule has 0 radical (unpaired) electrons. The molecule has 2 aromatic carbocycles. The second-order valence-corrected chi connectivity index (χ2v) is 6.03. The van der Waals surface area contributed by atoms with E-state index < -0.39 is 0 Å². The largest absolute Gasteiger partial charge is 0.328 e. The predicted molar refractivity (Wildman–Crippen MR) is 96.0 cm³/mol. The Balaban J connectivity index is 1.74. The first kappa shape index (κ1) is 15.4. The lowest BCUT2D eigenvalue weighted by Gasteiger charge is -2.18. The van der Waals surface area contributed by atoms with Gasteiger partial charge in [0.05, 0.1) is 22.7 Å². The first-order chi connectivity index (χ1) is 12.1. The summed E-state index contributed by atoms with van der Waals surface area (Å²) in [4.78, 5) is 14.3. The average Bonchev–Trinajstić information content (AvgIpc) is 3.14. The van der Waals surface area contributed by atoms with Gasteiger partial charge in [-0.2, -0.15) is 5.10 Å². The number of para-hydroxylation sites is 1. The zero-order valence-corrected chi connectivity index (χ0v) is 14.0. The van der Waals surface area contributed by atoms with E-state index in [9.17, 15) is 9.18 Å². The maximum absolute atomic E-state index is 13.1. The Bertz CT molecular complexity index is 1080. The number of hydrogen-bond acceptors (Lipinski definition) is 2. The number of halogens is 1. The van der Waals surface area contributed by atoms with E-state index in [1.54, 1.807) is 25.4 Å². The van der Waals surface area contributed by atoms with Crippen molar-refractivity contribution in [1.29, 1.82) is 0 Å². The van der Waals surface area contributed by atoms with Crippen LogP contribution >= 0.6 is 0 Å². The minimum Gasteiger partial charge on any atom is -0.328 e. The molecule has 5 nitrogen and oxygen atoms in total. The number of benzene rings is 2. The van der Waals surface area contributed by atoms with Crippen LogP contribution in [0.5, 0.6) is 0 Å². The first-order valence-electron chi connectivity index (χ1n) is 7.97. The highest BCUT2D eigenvalue weighted by Gasteiger charge is 2.18. The summed E-state index contributed by atoms with van der Waals surface area (Å²) in [5, 5.41) is 5.38. The molecule has 2 aromatic heterocycles. The van der Waals surface area contributed by atoms with Gasteiger partial charge in [0.2, 0.25) is 5.91 Å². The maximum Gasteiger partial charge on any atom is 0.246 e. The van der Waals surface area contributed by atoms with Crippen molar-refractivity contribution in [3.63, 3.8) is 0 Å². The number of nitrogens with zero attached hydrogens (tertiary/aromatic N) is 4. The molecule has 0 aliphatic rings. The lowest BCUT2D eigenvalue weighted by Crippen LogP contribution is -2.29. The number of anilines is 1. The fourth-order valence-electron chi connectivity index (χ4n) is 3.20. The third-order valence-corrected chi connectivity index (χ3v) is 4.54. The summed E-state index contributed by atoms with van der Waals surface area (Å²) in [5.74, 6) is -0.406. The minimum absolute atomic E-state index is 0.0851. The van der Waals surface area contributed by atoms with Gasteiger partial charge in [0.25, 0.3) is 0 Å². The van der Waals surface area contributed by atoms with Crippen molar-refractivity contribution in [2.24, 2.45) is 7.05 Å². The van der Waals surface area contributed by atoms with Gasteiger partial charge in [-0.1, -0.05) is 18.2 Å². The van der Waals surface area contributed by atoms with E-state index in [4.69, 9.17) is 0 Å². The number of carbonyl (C=O) groups is 1. The van der Waals surface area contributed by atoms with Gasteiger partial charge in [0, 0.05) is 25.2 Å². The van der Waals surface area contributed by atoms with Crippen molar-refractivity contribution in [1.82, 2.24) is 14.3 Å². The second-order valence-electron chi connectivity index (χ2n) is 6.03. The van der Waals surface area contributed by atoms with Gasteiger partial charge in [-0.3, -0.25) is 9.48 Å². The summed E-state index contributed by atoms with van der Waals surface area (Å²) >= 11 is 0. The van der Waals surface area contributed by atoms with E-state index in [1.807, 2.05) is 40.6 Å². The van der Waals surface area contributed by atoms with Gasteiger partial charge in [0.15, 0.2) is 0 Å². The average molecular weight is 336 g/mol. The lowest BCUT2D eigenvalue weighted by molar-refractivity contribution is -0.118. The minimum atomic E-state index is -0.321. The summed E-state index contributed by atoms with van der Waals surface area (Å²) in [6.45, 7) is 0.184. The Morgan fingerprint density at radius 2 is 1.84 bits per heavy atom. The number of aryl methyl sites for hydroxylation is 1. The van der Waals surface area contributed by atoms with E-state index >= 15 is 0 Å². The van der Waals surface area contributed by atoms with Crippen molar-refractivity contribution >= 4 is 33.5 Å². The molecule has 0 spiro atoms. The van der Waals surface area contributed by atoms with E-state index in [0.717, 1.165) is 21.9 Å². The Morgan fingerprint density at radius 1 is 1.12 bits per heavy atom. The Kier molecular flexibility index (Phi) is 3.53. The van der Waals surface area contributed by atoms with Gasteiger partial charge in [0.1, 0.15) is 12.4 Å². The number of amides is 1. The molecule has 2 heterocycles. The van der Waals surface area contributed by atoms with Crippen molar-refractivity contribution in [3.8, 4) is 0 Å². The highest BCUT2D eigenvalue weighted by molar-refractivity contribution is 6.07. The molecule has 0 N–H and O–H groups in total. The molecule has 25 heavy (non-hydrogen) atoms. The fraction of sp³-hybridized carbons (Fsp3) is 0.158. The molecule has 6 heteroatoms. The fourth-order valence-corrected chi connectivity index (χ4v) is 3.20. The quantitative estimate of drug-likeness (QED) is 0.576. The number of rotatable bonds is 3. The topological polar surface area (TPSA) is 43.1 Å². The van der Waals surface area contributed by atoms with Gasteiger partial charge in [-0.25, -0.2) is 4.39 Å². The van der Waals surface area contributed by atoms with Crippen molar-refractivity contribution in [3.05, 3.63) is 60.5 Å². The Morgan fingerprint density at radius 3 is 2.60 bits per heavy atom. The second kappa shape index (κ2) is 5.73. The smallest absolute Gasteiger partial charge is 0.246 e. The van der Waals surface area contributed by atoms with Crippen LogP contribution in [0.3, 0.4) is 0 Å². The molecule has 1 amide bonds.